The molecule has 5 N–H and O–H groups in total. The van der Waals surface area contributed by atoms with Crippen LogP contribution in [0.15, 0.2) is 0 Å². The lowest BCUT2D eigenvalue weighted by atomic mass is 9.99. The highest BCUT2D eigenvalue weighted by Gasteiger charge is 2.44. The van der Waals surface area contributed by atoms with E-state index in [2.05, 4.69) is 0 Å². The van der Waals surface area contributed by atoms with Gasteiger partial charge in [-0.2, -0.15) is 0 Å². The third-order valence-corrected chi connectivity index (χ3v) is 3.24. The maximum absolute atomic E-state index is 10.4. The van der Waals surface area contributed by atoms with Crippen LogP contribution in [0.3, 0.4) is 0 Å². The van der Waals surface area contributed by atoms with Gasteiger partial charge in [0.05, 0.1) is 13.2 Å². The summed E-state index contributed by atoms with van der Waals surface area (Å²) in [6.45, 7) is 1.41. The van der Waals surface area contributed by atoms with Crippen molar-refractivity contribution in [2.45, 2.75) is 50.5 Å². The van der Waals surface area contributed by atoms with Gasteiger partial charge in [-0.05, 0) is 12.3 Å². The average molecular weight is 294 g/mol. The number of carboxylic acid groups (broad SMARTS) is 1. The van der Waals surface area contributed by atoms with E-state index in [1.165, 1.54) is 0 Å². The highest BCUT2D eigenvalue weighted by atomic mass is 16.7. The van der Waals surface area contributed by atoms with E-state index in [9.17, 15) is 20.1 Å². The SMILES string of the molecule is CC(CCC(=O)O)CO[C@@H]1O[C@H](CO)[C@@H](O)[C@H](O)[C@H]1O. The number of carboxylic acids is 1. The van der Waals surface area contributed by atoms with Gasteiger partial charge in [-0.1, -0.05) is 6.92 Å². The fourth-order valence-corrected chi connectivity index (χ4v) is 1.92. The van der Waals surface area contributed by atoms with Crippen LogP contribution in [0.1, 0.15) is 19.8 Å². The molecule has 1 unspecified atom stereocenters. The molecule has 0 saturated carbocycles. The Morgan fingerprint density at radius 2 is 1.90 bits per heavy atom. The Kier molecular flexibility index (Phi) is 6.80. The first-order valence-corrected chi connectivity index (χ1v) is 6.50. The number of aliphatic hydroxyl groups excluding tert-OH is 4. The van der Waals surface area contributed by atoms with Crippen LogP contribution in [-0.4, -0.2) is 75.4 Å². The molecule has 0 aromatic heterocycles. The number of hydrogen-bond acceptors (Lipinski definition) is 7. The normalized spacial score (nSPS) is 35.8. The fraction of sp³-hybridized carbons (Fsp3) is 0.917. The summed E-state index contributed by atoms with van der Waals surface area (Å²) in [6, 6.07) is 0. The first-order valence-electron chi connectivity index (χ1n) is 6.50. The number of aliphatic hydroxyl groups is 4. The van der Waals surface area contributed by atoms with Gasteiger partial charge in [-0.3, -0.25) is 4.79 Å². The zero-order chi connectivity index (χ0) is 15.3. The monoisotopic (exact) mass is 294 g/mol. The molecule has 1 rings (SSSR count). The second-order valence-electron chi connectivity index (χ2n) is 5.07. The summed E-state index contributed by atoms with van der Waals surface area (Å²) >= 11 is 0. The Morgan fingerprint density at radius 3 is 2.45 bits per heavy atom. The summed E-state index contributed by atoms with van der Waals surface area (Å²) < 4.78 is 10.5. The van der Waals surface area contributed by atoms with Crippen molar-refractivity contribution < 1.29 is 39.8 Å². The van der Waals surface area contributed by atoms with Gasteiger partial charge in [0.25, 0.3) is 0 Å². The van der Waals surface area contributed by atoms with E-state index in [-0.39, 0.29) is 18.9 Å². The van der Waals surface area contributed by atoms with Crippen LogP contribution in [0.4, 0.5) is 0 Å². The van der Waals surface area contributed by atoms with E-state index in [0.29, 0.717) is 6.42 Å². The van der Waals surface area contributed by atoms with Gasteiger partial charge in [-0.15, -0.1) is 0 Å². The Bertz CT molecular complexity index is 308. The summed E-state index contributed by atoms with van der Waals surface area (Å²) in [4.78, 5) is 10.4. The molecule has 0 spiro atoms. The van der Waals surface area contributed by atoms with E-state index >= 15 is 0 Å². The summed E-state index contributed by atoms with van der Waals surface area (Å²) in [7, 11) is 0. The van der Waals surface area contributed by atoms with Gasteiger partial charge in [0.2, 0.25) is 0 Å². The molecule has 8 nitrogen and oxygen atoms in total. The van der Waals surface area contributed by atoms with Gasteiger partial charge >= 0.3 is 5.97 Å². The predicted octanol–water partition coefficient (Wildman–Crippen LogP) is -1.70. The molecule has 1 saturated heterocycles. The first kappa shape index (κ1) is 17.3. The van der Waals surface area contributed by atoms with Crippen molar-refractivity contribution in [3.05, 3.63) is 0 Å². The van der Waals surface area contributed by atoms with Crippen molar-refractivity contribution in [3.8, 4) is 0 Å². The van der Waals surface area contributed by atoms with E-state index in [1.807, 2.05) is 0 Å². The van der Waals surface area contributed by atoms with Crippen LogP contribution < -0.4 is 0 Å². The minimum absolute atomic E-state index is 0.0131. The topological polar surface area (TPSA) is 137 Å². The highest BCUT2D eigenvalue weighted by Crippen LogP contribution is 2.22. The highest BCUT2D eigenvalue weighted by molar-refractivity contribution is 5.66. The second kappa shape index (κ2) is 7.87. The Hall–Kier alpha value is -0.770. The van der Waals surface area contributed by atoms with E-state index in [4.69, 9.17) is 19.7 Å². The molecule has 118 valence electrons. The molecule has 0 amide bonds. The third kappa shape index (κ3) is 4.65. The van der Waals surface area contributed by atoms with E-state index in [0.717, 1.165) is 0 Å². The van der Waals surface area contributed by atoms with Crippen molar-refractivity contribution in [1.29, 1.82) is 0 Å². The number of ether oxygens (including phenoxy) is 2. The third-order valence-electron chi connectivity index (χ3n) is 3.24. The van der Waals surface area contributed by atoms with Gasteiger partial charge in [-0.25, -0.2) is 0 Å². The smallest absolute Gasteiger partial charge is 0.303 e. The van der Waals surface area contributed by atoms with Crippen molar-refractivity contribution in [3.63, 3.8) is 0 Å². The molecule has 1 aliphatic heterocycles. The molecular weight excluding hydrogens is 272 g/mol. The molecule has 0 aromatic carbocycles. The standard InChI is InChI=1S/C12H22O8/c1-6(2-3-8(14)15)5-19-12-11(18)10(17)9(16)7(4-13)20-12/h6-7,9-13,16-18H,2-5H2,1H3,(H,14,15)/t6?,7-,9-,10+,11-,12-/m1/s1. The number of hydrogen-bond donors (Lipinski definition) is 5. The van der Waals surface area contributed by atoms with Crippen LogP contribution in [0.5, 0.6) is 0 Å². The maximum Gasteiger partial charge on any atom is 0.303 e. The molecular formula is C12H22O8. The maximum atomic E-state index is 10.4. The lowest BCUT2D eigenvalue weighted by Gasteiger charge is -2.39. The van der Waals surface area contributed by atoms with Crippen molar-refractivity contribution in [2.24, 2.45) is 5.92 Å². The molecule has 20 heavy (non-hydrogen) atoms. The van der Waals surface area contributed by atoms with Crippen LogP contribution in [-0.2, 0) is 14.3 Å². The van der Waals surface area contributed by atoms with Gasteiger partial charge < -0.3 is 35.0 Å². The Balaban J connectivity index is 2.43. The quantitative estimate of drug-likeness (QED) is 0.375. The molecule has 0 radical (unpaired) electrons. The minimum Gasteiger partial charge on any atom is -0.481 e. The van der Waals surface area contributed by atoms with Gasteiger partial charge in [0.15, 0.2) is 6.29 Å². The summed E-state index contributed by atoms with van der Waals surface area (Å²) in [5, 5.41) is 46.4. The van der Waals surface area contributed by atoms with Crippen molar-refractivity contribution in [2.75, 3.05) is 13.2 Å². The lowest BCUT2D eigenvalue weighted by Crippen LogP contribution is -2.59. The zero-order valence-electron chi connectivity index (χ0n) is 11.3. The summed E-state index contributed by atoms with van der Waals surface area (Å²) in [6.07, 6.45) is -6.07. The summed E-state index contributed by atoms with van der Waals surface area (Å²) in [5.74, 6) is -0.969. The molecule has 1 fully saturated rings. The number of carbonyl (C=O) groups is 1. The largest absolute Gasteiger partial charge is 0.481 e. The molecule has 0 aromatic rings. The minimum atomic E-state index is -1.47. The number of aliphatic carboxylic acids is 1. The molecule has 1 heterocycles. The van der Waals surface area contributed by atoms with Crippen LogP contribution in [0.2, 0.25) is 0 Å². The van der Waals surface area contributed by atoms with Crippen LogP contribution in [0.25, 0.3) is 0 Å². The van der Waals surface area contributed by atoms with E-state index in [1.54, 1.807) is 6.92 Å². The molecule has 0 aliphatic carbocycles. The van der Waals surface area contributed by atoms with Crippen LogP contribution in [0, 0.1) is 5.92 Å². The molecule has 8 heteroatoms. The Labute approximate surface area is 116 Å². The average Bonchev–Trinajstić information content (AvgIpc) is 2.42. The lowest BCUT2D eigenvalue weighted by molar-refractivity contribution is -0.303. The zero-order valence-corrected chi connectivity index (χ0v) is 11.3. The fourth-order valence-electron chi connectivity index (χ4n) is 1.92. The van der Waals surface area contributed by atoms with Crippen molar-refractivity contribution >= 4 is 5.97 Å². The second-order valence-corrected chi connectivity index (χ2v) is 5.07. The summed E-state index contributed by atoms with van der Waals surface area (Å²) in [5.41, 5.74) is 0. The molecule has 1 aliphatic rings. The van der Waals surface area contributed by atoms with E-state index < -0.39 is 43.3 Å². The van der Waals surface area contributed by atoms with Gasteiger partial charge in [0, 0.05) is 6.42 Å². The Morgan fingerprint density at radius 1 is 1.25 bits per heavy atom. The van der Waals surface area contributed by atoms with Gasteiger partial charge in [0.1, 0.15) is 24.4 Å². The van der Waals surface area contributed by atoms with Crippen molar-refractivity contribution in [1.82, 2.24) is 0 Å². The predicted molar refractivity (Wildman–Crippen MR) is 65.8 cm³/mol. The number of rotatable bonds is 7. The van der Waals surface area contributed by atoms with Crippen LogP contribution >= 0.6 is 0 Å². The molecule has 6 atom stereocenters. The first-order chi connectivity index (χ1) is 9.36. The molecule has 0 bridgehead atoms.